The number of aromatic nitrogens is 1. The summed E-state index contributed by atoms with van der Waals surface area (Å²) in [5, 5.41) is 1.64. The third kappa shape index (κ3) is 3.51. The third-order valence-corrected chi connectivity index (χ3v) is 3.34. The summed E-state index contributed by atoms with van der Waals surface area (Å²) in [5.74, 6) is -0.205. The number of hydrogen-bond acceptors (Lipinski definition) is 6. The van der Waals surface area contributed by atoms with E-state index < -0.39 is 5.41 Å². The first kappa shape index (κ1) is 13.5. The Kier molecular flexibility index (Phi) is 3.99. The van der Waals surface area contributed by atoms with E-state index in [2.05, 4.69) is 4.98 Å². The van der Waals surface area contributed by atoms with Gasteiger partial charge in [-0.2, -0.15) is 0 Å². The number of thiazole rings is 1. The fourth-order valence-corrected chi connectivity index (χ4v) is 1.86. The van der Waals surface area contributed by atoms with Gasteiger partial charge in [-0.05, 0) is 20.8 Å². The highest BCUT2D eigenvalue weighted by molar-refractivity contribution is 7.09. The van der Waals surface area contributed by atoms with Crippen molar-refractivity contribution < 1.29 is 14.4 Å². The largest absolute Gasteiger partial charge is 0.370 e. The first-order chi connectivity index (χ1) is 8.45. The molecule has 1 aromatic heterocycles. The molecule has 1 saturated heterocycles. The van der Waals surface area contributed by atoms with Gasteiger partial charge in [0.25, 0.3) is 0 Å². The Balaban J connectivity index is 1.64. The monoisotopic (exact) mass is 270 g/mol. The molecule has 0 bridgehead atoms. The number of carbonyl (C=O) groups is 1. The van der Waals surface area contributed by atoms with Crippen LogP contribution < -0.4 is 0 Å². The second-order valence-corrected chi connectivity index (χ2v) is 6.35. The van der Waals surface area contributed by atoms with Crippen molar-refractivity contribution in [2.45, 2.75) is 33.5 Å². The molecule has 0 amide bonds. The second-order valence-electron chi connectivity index (χ2n) is 5.38. The van der Waals surface area contributed by atoms with Crippen molar-refractivity contribution in [1.82, 2.24) is 10.0 Å². The van der Waals surface area contributed by atoms with E-state index in [1.165, 1.54) is 0 Å². The van der Waals surface area contributed by atoms with Crippen LogP contribution in [-0.2, 0) is 21.0 Å². The van der Waals surface area contributed by atoms with Gasteiger partial charge in [-0.1, -0.05) is 0 Å². The predicted molar refractivity (Wildman–Crippen MR) is 67.8 cm³/mol. The fourth-order valence-electron chi connectivity index (χ4n) is 1.35. The van der Waals surface area contributed by atoms with Gasteiger partial charge in [0.1, 0.15) is 0 Å². The molecule has 1 fully saturated rings. The Hall–Kier alpha value is -0.980. The highest BCUT2D eigenvalue weighted by atomic mass is 32.1. The summed E-state index contributed by atoms with van der Waals surface area (Å²) >= 11 is 1.58. The number of rotatable bonds is 4. The molecule has 0 radical (unpaired) electrons. The normalized spacial score (nSPS) is 17.5. The summed E-state index contributed by atoms with van der Waals surface area (Å²) in [4.78, 5) is 21.9. The topological polar surface area (TPSA) is 51.7 Å². The highest BCUT2D eigenvalue weighted by Gasteiger charge is 2.34. The van der Waals surface area contributed by atoms with Crippen LogP contribution in [0.3, 0.4) is 0 Å². The van der Waals surface area contributed by atoms with Gasteiger partial charge in [0.2, 0.25) is 0 Å². The maximum Gasteiger partial charge on any atom is 0.330 e. The van der Waals surface area contributed by atoms with E-state index in [1.807, 2.05) is 20.8 Å². The van der Waals surface area contributed by atoms with E-state index in [1.54, 1.807) is 28.1 Å². The maximum absolute atomic E-state index is 11.6. The van der Waals surface area contributed by atoms with E-state index in [-0.39, 0.29) is 12.1 Å². The summed E-state index contributed by atoms with van der Waals surface area (Å²) in [6.45, 7) is 7.38. The zero-order valence-electron chi connectivity index (χ0n) is 10.9. The van der Waals surface area contributed by atoms with Gasteiger partial charge in [-0.15, -0.1) is 16.4 Å². The van der Waals surface area contributed by atoms with Crippen LogP contribution in [0.1, 0.15) is 25.6 Å². The van der Waals surface area contributed by atoms with Gasteiger partial charge in [0, 0.05) is 6.20 Å². The van der Waals surface area contributed by atoms with E-state index >= 15 is 0 Å². The van der Waals surface area contributed by atoms with E-state index in [0.717, 1.165) is 4.88 Å². The predicted octanol–water partition coefficient (Wildman–Crippen LogP) is 1.85. The minimum absolute atomic E-state index is 0.139. The number of nitrogens with zero attached hydrogens (tertiary/aromatic N) is 2. The van der Waals surface area contributed by atoms with Gasteiger partial charge < -0.3 is 9.57 Å². The molecule has 0 N–H and O–H groups in total. The Bertz CT molecular complexity index is 394. The van der Waals surface area contributed by atoms with Gasteiger partial charge >= 0.3 is 5.97 Å². The molecule has 6 heteroatoms. The average Bonchev–Trinajstić information content (AvgIpc) is 2.72. The number of hydroxylamine groups is 2. The lowest BCUT2D eigenvalue weighted by Crippen LogP contribution is -2.53. The standard InChI is InChI=1S/C12H18N2O3S/c1-12(2,3)11(15)17-14-5-9(6-14)16-7-10-4-13-8-18-10/h4,8-9H,5-7H2,1-3H3. The number of ether oxygens (including phenoxy) is 1. The van der Waals surface area contributed by atoms with E-state index in [9.17, 15) is 4.79 Å². The molecule has 18 heavy (non-hydrogen) atoms. The van der Waals surface area contributed by atoms with Crippen LogP contribution >= 0.6 is 11.3 Å². The second kappa shape index (κ2) is 5.34. The Morgan fingerprint density at radius 2 is 2.28 bits per heavy atom. The molecule has 0 unspecified atom stereocenters. The molecule has 1 aliphatic rings. The molecule has 0 aromatic carbocycles. The first-order valence-electron chi connectivity index (χ1n) is 5.91. The van der Waals surface area contributed by atoms with Gasteiger partial charge in [0.15, 0.2) is 0 Å². The molecule has 0 atom stereocenters. The minimum atomic E-state index is -0.464. The van der Waals surface area contributed by atoms with Crippen molar-refractivity contribution in [1.29, 1.82) is 0 Å². The smallest absolute Gasteiger partial charge is 0.330 e. The Morgan fingerprint density at radius 3 is 2.83 bits per heavy atom. The molecule has 1 aliphatic heterocycles. The first-order valence-corrected chi connectivity index (χ1v) is 6.79. The fraction of sp³-hybridized carbons (Fsp3) is 0.667. The summed E-state index contributed by atoms with van der Waals surface area (Å²) in [7, 11) is 0. The van der Waals surface area contributed by atoms with Gasteiger partial charge in [-0.25, -0.2) is 4.79 Å². The zero-order valence-corrected chi connectivity index (χ0v) is 11.7. The van der Waals surface area contributed by atoms with Crippen LogP contribution in [0.2, 0.25) is 0 Å². The molecule has 2 rings (SSSR count). The lowest BCUT2D eigenvalue weighted by Gasteiger charge is -2.37. The average molecular weight is 270 g/mol. The van der Waals surface area contributed by atoms with Crippen molar-refractivity contribution in [3.8, 4) is 0 Å². The Labute approximate surface area is 111 Å². The molecule has 1 aromatic rings. The number of carbonyl (C=O) groups excluding carboxylic acids is 1. The van der Waals surface area contributed by atoms with Crippen LogP contribution in [0, 0.1) is 5.41 Å². The summed E-state index contributed by atoms with van der Waals surface area (Å²) < 4.78 is 5.66. The van der Waals surface area contributed by atoms with E-state index in [0.29, 0.717) is 19.7 Å². The van der Waals surface area contributed by atoms with Gasteiger partial charge in [0.05, 0.1) is 41.6 Å². The van der Waals surface area contributed by atoms with Crippen molar-refractivity contribution in [3.63, 3.8) is 0 Å². The van der Waals surface area contributed by atoms with Crippen LogP contribution in [0.15, 0.2) is 11.7 Å². The van der Waals surface area contributed by atoms with Crippen molar-refractivity contribution >= 4 is 17.3 Å². The van der Waals surface area contributed by atoms with Crippen LogP contribution in [0.5, 0.6) is 0 Å². The molecule has 0 spiro atoms. The zero-order chi connectivity index (χ0) is 13.2. The number of hydrogen-bond donors (Lipinski definition) is 0. The lowest BCUT2D eigenvalue weighted by molar-refractivity contribution is -0.245. The molecule has 100 valence electrons. The van der Waals surface area contributed by atoms with Crippen LogP contribution in [0.4, 0.5) is 0 Å². The summed E-state index contributed by atoms with van der Waals surface area (Å²) in [6.07, 6.45) is 1.95. The van der Waals surface area contributed by atoms with Crippen LogP contribution in [0.25, 0.3) is 0 Å². The lowest BCUT2D eigenvalue weighted by atomic mass is 9.98. The maximum atomic E-state index is 11.6. The van der Waals surface area contributed by atoms with Crippen molar-refractivity contribution in [2.75, 3.05) is 13.1 Å². The molecule has 5 nitrogen and oxygen atoms in total. The SMILES string of the molecule is CC(C)(C)C(=O)ON1CC(OCc2cncs2)C1. The molecular formula is C12H18N2O3S. The third-order valence-electron chi connectivity index (χ3n) is 2.58. The summed E-state index contributed by atoms with van der Waals surface area (Å²) in [6, 6.07) is 0. The minimum Gasteiger partial charge on any atom is -0.370 e. The van der Waals surface area contributed by atoms with Crippen LogP contribution in [-0.4, -0.2) is 35.2 Å². The molecular weight excluding hydrogens is 252 g/mol. The Morgan fingerprint density at radius 1 is 1.56 bits per heavy atom. The van der Waals surface area contributed by atoms with Crippen molar-refractivity contribution in [2.24, 2.45) is 5.41 Å². The van der Waals surface area contributed by atoms with E-state index in [4.69, 9.17) is 9.57 Å². The quantitative estimate of drug-likeness (QED) is 0.835. The van der Waals surface area contributed by atoms with Crippen molar-refractivity contribution in [3.05, 3.63) is 16.6 Å². The molecule has 2 heterocycles. The highest BCUT2D eigenvalue weighted by Crippen LogP contribution is 2.20. The summed E-state index contributed by atoms with van der Waals surface area (Å²) in [5.41, 5.74) is 1.32. The van der Waals surface area contributed by atoms with Gasteiger partial charge in [-0.3, -0.25) is 4.98 Å². The molecule has 0 saturated carbocycles. The molecule has 0 aliphatic carbocycles.